The zero-order valence-corrected chi connectivity index (χ0v) is 23.5. The number of aliphatic hydroxyl groups is 6. The SMILES string of the molecule is COc1ccc(-c2coc3c(OC)c(O[C@@H]4O[C@@H](CO[C@@H]5O[C@H](C)[C@H](O)[C@@H](O)[C@@H]5O)[C@H](O)[C@H](O)[C@@H]4O)ccc3c2=O)cc1. The molecule has 3 aromatic rings. The highest BCUT2D eigenvalue weighted by Gasteiger charge is 2.47. The molecule has 2 aliphatic rings. The third-order valence-corrected chi connectivity index (χ3v) is 7.61. The highest BCUT2D eigenvalue weighted by molar-refractivity contribution is 5.88. The fourth-order valence-corrected chi connectivity index (χ4v) is 5.03. The van der Waals surface area contributed by atoms with E-state index in [1.54, 1.807) is 24.3 Å². The molecule has 0 saturated carbocycles. The summed E-state index contributed by atoms with van der Waals surface area (Å²) in [4.78, 5) is 13.3. The molecule has 0 aliphatic carbocycles. The van der Waals surface area contributed by atoms with Gasteiger partial charge in [-0.15, -0.1) is 0 Å². The van der Waals surface area contributed by atoms with E-state index in [4.69, 9.17) is 32.8 Å². The minimum Gasteiger partial charge on any atom is -0.497 e. The lowest BCUT2D eigenvalue weighted by atomic mass is 9.98. The number of fused-ring (bicyclic) bond motifs is 1. The summed E-state index contributed by atoms with van der Waals surface area (Å²) >= 11 is 0. The van der Waals surface area contributed by atoms with Gasteiger partial charge in [0.15, 0.2) is 17.6 Å². The summed E-state index contributed by atoms with van der Waals surface area (Å²) < 4.78 is 38.8. The Morgan fingerprint density at radius 2 is 1.44 bits per heavy atom. The van der Waals surface area contributed by atoms with Crippen molar-refractivity contribution in [2.45, 2.75) is 68.3 Å². The highest BCUT2D eigenvalue weighted by atomic mass is 16.7. The molecule has 1 aromatic heterocycles. The van der Waals surface area contributed by atoms with Crippen LogP contribution in [0.25, 0.3) is 22.1 Å². The Kier molecular flexibility index (Phi) is 9.22. The minimum absolute atomic E-state index is 0.000346. The average molecular weight is 607 g/mol. The molecular weight excluding hydrogens is 572 g/mol. The molecule has 10 atom stereocenters. The van der Waals surface area contributed by atoms with Crippen LogP contribution < -0.4 is 19.6 Å². The van der Waals surface area contributed by atoms with E-state index >= 15 is 0 Å². The van der Waals surface area contributed by atoms with Gasteiger partial charge < -0.3 is 63.5 Å². The second-order valence-electron chi connectivity index (χ2n) is 10.3. The van der Waals surface area contributed by atoms with Crippen molar-refractivity contribution in [3.63, 3.8) is 0 Å². The summed E-state index contributed by atoms with van der Waals surface area (Å²) in [5, 5.41) is 61.9. The van der Waals surface area contributed by atoms with Gasteiger partial charge in [-0.3, -0.25) is 4.79 Å². The Morgan fingerprint density at radius 3 is 2.12 bits per heavy atom. The summed E-state index contributed by atoms with van der Waals surface area (Å²) in [5.74, 6) is 0.643. The first kappa shape index (κ1) is 31.1. The quantitative estimate of drug-likeness (QED) is 0.191. The highest BCUT2D eigenvalue weighted by Crippen LogP contribution is 2.37. The van der Waals surface area contributed by atoms with Crippen LogP contribution in [0.4, 0.5) is 0 Å². The summed E-state index contributed by atoms with van der Waals surface area (Å²) in [7, 11) is 2.87. The number of ether oxygens (including phenoxy) is 6. The van der Waals surface area contributed by atoms with Crippen molar-refractivity contribution in [2.24, 2.45) is 0 Å². The predicted octanol–water partition coefficient (Wildman–Crippen LogP) is -0.492. The fourth-order valence-electron chi connectivity index (χ4n) is 5.03. The molecule has 0 radical (unpaired) electrons. The molecule has 0 unspecified atom stereocenters. The molecule has 3 heterocycles. The third kappa shape index (κ3) is 5.93. The zero-order chi connectivity index (χ0) is 31.0. The fraction of sp³-hybridized carbons (Fsp3) is 0.483. The lowest BCUT2D eigenvalue weighted by Crippen LogP contribution is -2.61. The van der Waals surface area contributed by atoms with Gasteiger partial charge in [-0.05, 0) is 36.8 Å². The Bertz CT molecular complexity index is 1460. The van der Waals surface area contributed by atoms with Crippen LogP contribution in [0, 0.1) is 0 Å². The van der Waals surface area contributed by atoms with Crippen LogP contribution in [0.1, 0.15) is 6.92 Å². The van der Waals surface area contributed by atoms with Crippen molar-refractivity contribution >= 4 is 11.0 Å². The van der Waals surface area contributed by atoms with E-state index in [2.05, 4.69) is 0 Å². The van der Waals surface area contributed by atoms with Crippen LogP contribution in [0.5, 0.6) is 17.2 Å². The van der Waals surface area contributed by atoms with Crippen LogP contribution >= 0.6 is 0 Å². The minimum atomic E-state index is -1.73. The van der Waals surface area contributed by atoms with Crippen LogP contribution in [0.15, 0.2) is 51.9 Å². The Hall–Kier alpha value is -3.31. The lowest BCUT2D eigenvalue weighted by Gasteiger charge is -2.42. The molecule has 5 rings (SSSR count). The van der Waals surface area contributed by atoms with Gasteiger partial charge in [-0.25, -0.2) is 0 Å². The molecular formula is C29H34O14. The first-order valence-corrected chi connectivity index (χ1v) is 13.5. The molecule has 2 aliphatic heterocycles. The lowest BCUT2D eigenvalue weighted by molar-refractivity contribution is -0.318. The molecule has 2 saturated heterocycles. The monoisotopic (exact) mass is 606 g/mol. The molecule has 14 heteroatoms. The van der Waals surface area contributed by atoms with Crippen molar-refractivity contribution in [1.29, 1.82) is 0 Å². The van der Waals surface area contributed by atoms with Crippen LogP contribution in [0.2, 0.25) is 0 Å². The second kappa shape index (κ2) is 12.7. The Morgan fingerprint density at radius 1 is 0.767 bits per heavy atom. The maximum absolute atomic E-state index is 13.3. The van der Waals surface area contributed by atoms with Gasteiger partial charge >= 0.3 is 0 Å². The summed E-state index contributed by atoms with van der Waals surface area (Å²) in [5.41, 5.74) is 0.647. The summed E-state index contributed by atoms with van der Waals surface area (Å²) in [6, 6.07) is 9.74. The van der Waals surface area contributed by atoms with Crippen LogP contribution in [0.3, 0.4) is 0 Å². The molecule has 0 amide bonds. The first-order valence-electron chi connectivity index (χ1n) is 13.5. The van der Waals surface area contributed by atoms with Gasteiger partial charge in [0.2, 0.25) is 17.5 Å². The van der Waals surface area contributed by atoms with Crippen molar-refractivity contribution in [3.8, 4) is 28.4 Å². The molecule has 2 fully saturated rings. The summed E-state index contributed by atoms with van der Waals surface area (Å²) in [6.45, 7) is 1.02. The normalized spacial score (nSPS) is 32.9. The van der Waals surface area contributed by atoms with E-state index in [-0.39, 0.29) is 27.9 Å². The molecule has 14 nitrogen and oxygen atoms in total. The van der Waals surface area contributed by atoms with Gasteiger partial charge in [-0.1, -0.05) is 12.1 Å². The van der Waals surface area contributed by atoms with Crippen molar-refractivity contribution in [2.75, 3.05) is 20.8 Å². The maximum atomic E-state index is 13.3. The number of rotatable bonds is 8. The zero-order valence-electron chi connectivity index (χ0n) is 23.5. The second-order valence-corrected chi connectivity index (χ2v) is 10.3. The van der Waals surface area contributed by atoms with Gasteiger partial charge in [0.1, 0.15) is 54.7 Å². The number of methoxy groups -OCH3 is 2. The largest absolute Gasteiger partial charge is 0.497 e. The van der Waals surface area contributed by atoms with Gasteiger partial charge in [0.05, 0.1) is 37.9 Å². The molecule has 2 aromatic carbocycles. The molecule has 43 heavy (non-hydrogen) atoms. The topological polar surface area (TPSA) is 207 Å². The Labute approximate surface area is 245 Å². The first-order chi connectivity index (χ1) is 20.5. The average Bonchev–Trinajstić information content (AvgIpc) is 3.02. The van der Waals surface area contributed by atoms with Gasteiger partial charge in [-0.2, -0.15) is 0 Å². The van der Waals surface area contributed by atoms with E-state index in [1.165, 1.54) is 39.5 Å². The molecule has 6 N–H and O–H groups in total. The summed E-state index contributed by atoms with van der Waals surface area (Å²) in [6.07, 6.45) is -13.3. The smallest absolute Gasteiger partial charge is 0.229 e. The third-order valence-electron chi connectivity index (χ3n) is 7.61. The number of hydrogen-bond donors (Lipinski definition) is 6. The number of benzene rings is 2. The van der Waals surface area contributed by atoms with Crippen molar-refractivity contribution < 1.29 is 63.5 Å². The van der Waals surface area contributed by atoms with Crippen molar-refractivity contribution in [1.82, 2.24) is 0 Å². The number of aliphatic hydroxyl groups excluding tert-OH is 6. The van der Waals surface area contributed by atoms with Gasteiger partial charge in [0, 0.05) is 0 Å². The molecule has 0 bridgehead atoms. The van der Waals surface area contributed by atoms with Crippen molar-refractivity contribution in [3.05, 3.63) is 52.9 Å². The van der Waals surface area contributed by atoms with Gasteiger partial charge in [0.25, 0.3) is 0 Å². The van der Waals surface area contributed by atoms with E-state index < -0.39 is 68.0 Å². The predicted molar refractivity (Wildman–Crippen MR) is 147 cm³/mol. The van der Waals surface area contributed by atoms with E-state index in [0.29, 0.717) is 16.9 Å². The van der Waals surface area contributed by atoms with E-state index in [1.807, 2.05) is 0 Å². The number of hydrogen-bond acceptors (Lipinski definition) is 14. The van der Waals surface area contributed by atoms with E-state index in [9.17, 15) is 35.4 Å². The van der Waals surface area contributed by atoms with Crippen LogP contribution in [-0.2, 0) is 14.2 Å². The van der Waals surface area contributed by atoms with E-state index in [0.717, 1.165) is 0 Å². The standard InChI is InChI=1S/C29H34O14/c1-12-19(30)22(33)24(35)28(41-12)40-11-18-21(32)23(34)25(36)29(43-18)42-17-9-8-15-20(31)16(10-39-26(15)27(17)38-3)13-4-6-14(37-2)7-5-13/h4-10,12,18-19,21-25,28-30,32-36H,11H2,1-3H3/t12-,18+,19+,21+,22-,23+,24+,25+,28-,29-/m1/s1. The molecule has 0 spiro atoms. The van der Waals surface area contributed by atoms with Crippen LogP contribution in [-0.4, -0.2) is 113 Å². The maximum Gasteiger partial charge on any atom is 0.229 e. The Balaban J connectivity index is 1.36. The molecule has 234 valence electrons.